The molecule has 0 spiro atoms. The van der Waals surface area contributed by atoms with E-state index >= 15 is 0 Å². The number of rotatable bonds is 3. The number of nitrogens with one attached hydrogen (secondary N) is 1. The van der Waals surface area contributed by atoms with Crippen molar-refractivity contribution in [1.29, 1.82) is 0 Å². The second-order valence-corrected chi connectivity index (χ2v) is 6.65. The van der Waals surface area contributed by atoms with Gasteiger partial charge in [-0.3, -0.25) is 4.79 Å². The van der Waals surface area contributed by atoms with Gasteiger partial charge in [-0.25, -0.2) is 0 Å². The summed E-state index contributed by atoms with van der Waals surface area (Å²) < 4.78 is 5.23. The number of hydrogen-bond acceptors (Lipinski definition) is 2. The molecule has 3 nitrogen and oxygen atoms in total. The molecule has 19 heavy (non-hydrogen) atoms. The van der Waals surface area contributed by atoms with Gasteiger partial charge in [-0.15, -0.1) is 0 Å². The molecule has 1 aliphatic rings. The van der Waals surface area contributed by atoms with Crippen LogP contribution in [0, 0.1) is 16.7 Å². The highest BCUT2D eigenvalue weighted by Gasteiger charge is 2.68. The Morgan fingerprint density at radius 1 is 1.26 bits per heavy atom. The van der Waals surface area contributed by atoms with E-state index in [4.69, 9.17) is 16.3 Å². The largest absolute Gasteiger partial charge is 0.495 e. The summed E-state index contributed by atoms with van der Waals surface area (Å²) in [6.45, 7) is 8.47. The average Bonchev–Trinajstić information content (AvgIpc) is 2.69. The van der Waals surface area contributed by atoms with Crippen molar-refractivity contribution in [2.75, 3.05) is 12.4 Å². The van der Waals surface area contributed by atoms with Crippen molar-refractivity contribution < 1.29 is 9.53 Å². The molecule has 0 bridgehead atoms. The molecule has 0 radical (unpaired) electrons. The molecule has 1 saturated carbocycles. The summed E-state index contributed by atoms with van der Waals surface area (Å²) in [5.41, 5.74) is 0.657. The minimum absolute atomic E-state index is 0.00341. The van der Waals surface area contributed by atoms with Gasteiger partial charge in [-0.2, -0.15) is 0 Å². The van der Waals surface area contributed by atoms with Gasteiger partial charge >= 0.3 is 0 Å². The maximum absolute atomic E-state index is 12.4. The van der Waals surface area contributed by atoms with Crippen LogP contribution in [0.2, 0.25) is 5.02 Å². The van der Waals surface area contributed by atoms with Gasteiger partial charge in [0.2, 0.25) is 5.91 Å². The van der Waals surface area contributed by atoms with Crippen LogP contribution in [-0.2, 0) is 4.79 Å². The monoisotopic (exact) mass is 281 g/mol. The van der Waals surface area contributed by atoms with Gasteiger partial charge in [0.05, 0.1) is 12.8 Å². The number of hydrogen-bond donors (Lipinski definition) is 1. The third kappa shape index (κ3) is 2.20. The molecule has 4 heteroatoms. The SMILES string of the molecule is COc1ccc(Cl)cc1NC(=O)C1C(C)(C)C1(C)C. The van der Waals surface area contributed by atoms with Crippen LogP contribution in [-0.4, -0.2) is 13.0 Å². The Hall–Kier alpha value is -1.22. The van der Waals surface area contributed by atoms with Crippen molar-refractivity contribution in [2.24, 2.45) is 16.7 Å². The molecule has 0 aliphatic heterocycles. The summed E-state index contributed by atoms with van der Waals surface area (Å²) >= 11 is 5.96. The lowest BCUT2D eigenvalue weighted by Gasteiger charge is -2.11. The van der Waals surface area contributed by atoms with Crippen LogP contribution >= 0.6 is 11.6 Å². The Morgan fingerprint density at radius 3 is 2.32 bits per heavy atom. The first-order valence-corrected chi connectivity index (χ1v) is 6.74. The highest BCUT2D eigenvalue weighted by molar-refractivity contribution is 6.31. The highest BCUT2D eigenvalue weighted by atomic mass is 35.5. The molecule has 1 amide bonds. The van der Waals surface area contributed by atoms with Gasteiger partial charge in [-0.05, 0) is 29.0 Å². The normalized spacial score (nSPS) is 19.9. The molecule has 1 fully saturated rings. The van der Waals surface area contributed by atoms with Crippen molar-refractivity contribution in [3.05, 3.63) is 23.2 Å². The summed E-state index contributed by atoms with van der Waals surface area (Å²) in [7, 11) is 1.57. The Labute approximate surface area is 119 Å². The maximum atomic E-state index is 12.4. The Bertz CT molecular complexity index is 509. The van der Waals surface area contributed by atoms with Gasteiger partial charge in [0.25, 0.3) is 0 Å². The first-order chi connectivity index (χ1) is 8.71. The molecule has 2 rings (SSSR count). The van der Waals surface area contributed by atoms with E-state index in [1.165, 1.54) is 0 Å². The van der Waals surface area contributed by atoms with E-state index in [-0.39, 0.29) is 22.7 Å². The van der Waals surface area contributed by atoms with Crippen LogP contribution in [0.25, 0.3) is 0 Å². The van der Waals surface area contributed by atoms with E-state index in [0.717, 1.165) is 0 Å². The maximum Gasteiger partial charge on any atom is 0.228 e. The zero-order valence-electron chi connectivity index (χ0n) is 12.0. The molecule has 0 aromatic heterocycles. The van der Waals surface area contributed by atoms with Gasteiger partial charge < -0.3 is 10.1 Å². The third-order valence-electron chi connectivity index (χ3n) is 4.70. The van der Waals surface area contributed by atoms with E-state index in [0.29, 0.717) is 16.5 Å². The Morgan fingerprint density at radius 2 is 1.84 bits per heavy atom. The van der Waals surface area contributed by atoms with Gasteiger partial charge in [-0.1, -0.05) is 39.3 Å². The fourth-order valence-electron chi connectivity index (χ4n) is 2.83. The number of carbonyl (C=O) groups is 1. The predicted octanol–water partition coefficient (Wildman–Crippen LogP) is 3.97. The number of halogens is 1. The molecule has 1 aromatic carbocycles. The fraction of sp³-hybridized carbons (Fsp3) is 0.533. The summed E-state index contributed by atoms with van der Waals surface area (Å²) in [6.07, 6.45) is 0. The Kier molecular flexibility index (Phi) is 3.29. The molecular formula is C15H20ClNO2. The molecule has 0 unspecified atom stereocenters. The second kappa shape index (κ2) is 4.41. The van der Waals surface area contributed by atoms with E-state index in [2.05, 4.69) is 33.0 Å². The Balaban J connectivity index is 2.19. The molecule has 1 aromatic rings. The quantitative estimate of drug-likeness (QED) is 0.910. The van der Waals surface area contributed by atoms with E-state index in [1.807, 2.05) is 0 Å². The van der Waals surface area contributed by atoms with Crippen LogP contribution in [0.1, 0.15) is 27.7 Å². The third-order valence-corrected chi connectivity index (χ3v) is 4.94. The number of benzene rings is 1. The molecular weight excluding hydrogens is 262 g/mol. The van der Waals surface area contributed by atoms with E-state index in [1.54, 1.807) is 25.3 Å². The summed E-state index contributed by atoms with van der Waals surface area (Å²) in [6, 6.07) is 5.20. The molecule has 104 valence electrons. The van der Waals surface area contributed by atoms with Crippen LogP contribution in [0.5, 0.6) is 5.75 Å². The van der Waals surface area contributed by atoms with Gasteiger partial charge in [0.15, 0.2) is 0 Å². The van der Waals surface area contributed by atoms with Crippen molar-refractivity contribution in [3.63, 3.8) is 0 Å². The standard InChI is InChI=1S/C15H20ClNO2/c1-14(2)12(15(14,3)4)13(18)17-10-8-9(16)6-7-11(10)19-5/h6-8,12H,1-5H3,(H,17,18). The van der Waals surface area contributed by atoms with E-state index < -0.39 is 0 Å². The number of methoxy groups -OCH3 is 1. The topological polar surface area (TPSA) is 38.3 Å². The number of anilines is 1. The smallest absolute Gasteiger partial charge is 0.228 e. The van der Waals surface area contributed by atoms with Crippen LogP contribution in [0.15, 0.2) is 18.2 Å². The molecule has 1 N–H and O–H groups in total. The lowest BCUT2D eigenvalue weighted by Crippen LogP contribution is -2.18. The molecule has 0 heterocycles. The zero-order valence-corrected chi connectivity index (χ0v) is 12.8. The first kappa shape index (κ1) is 14.2. The van der Waals surface area contributed by atoms with Crippen molar-refractivity contribution in [2.45, 2.75) is 27.7 Å². The van der Waals surface area contributed by atoms with E-state index in [9.17, 15) is 4.79 Å². The highest BCUT2D eigenvalue weighted by Crippen LogP contribution is 2.68. The summed E-state index contributed by atoms with van der Waals surface area (Å²) in [4.78, 5) is 12.4. The predicted molar refractivity (Wildman–Crippen MR) is 77.7 cm³/mol. The molecule has 1 aliphatic carbocycles. The van der Waals surface area contributed by atoms with Crippen molar-refractivity contribution >= 4 is 23.2 Å². The van der Waals surface area contributed by atoms with Gasteiger partial charge in [0, 0.05) is 10.9 Å². The van der Waals surface area contributed by atoms with Gasteiger partial charge in [0.1, 0.15) is 5.75 Å². The van der Waals surface area contributed by atoms with Crippen molar-refractivity contribution in [1.82, 2.24) is 0 Å². The molecule has 0 saturated heterocycles. The van der Waals surface area contributed by atoms with Crippen LogP contribution in [0.3, 0.4) is 0 Å². The lowest BCUT2D eigenvalue weighted by molar-refractivity contribution is -0.118. The number of amides is 1. The fourth-order valence-corrected chi connectivity index (χ4v) is 3.01. The van der Waals surface area contributed by atoms with Crippen LogP contribution < -0.4 is 10.1 Å². The lowest BCUT2D eigenvalue weighted by atomic mass is 10.0. The second-order valence-electron chi connectivity index (χ2n) is 6.21. The zero-order chi connectivity index (χ0) is 14.4. The summed E-state index contributed by atoms with van der Waals surface area (Å²) in [5.74, 6) is 0.647. The summed E-state index contributed by atoms with van der Waals surface area (Å²) in [5, 5.41) is 3.50. The first-order valence-electron chi connectivity index (χ1n) is 6.36. The number of ether oxygens (including phenoxy) is 1. The minimum Gasteiger partial charge on any atom is -0.495 e. The average molecular weight is 282 g/mol. The number of carbonyl (C=O) groups excluding carboxylic acids is 1. The minimum atomic E-state index is 0.00341. The molecule has 0 atom stereocenters. The van der Waals surface area contributed by atoms with Crippen LogP contribution in [0.4, 0.5) is 5.69 Å². The van der Waals surface area contributed by atoms with Crippen molar-refractivity contribution in [3.8, 4) is 5.75 Å².